The number of carbonyl (C=O) groups is 1. The molecule has 158 valence electrons. The van der Waals surface area contributed by atoms with Crippen molar-refractivity contribution in [1.82, 2.24) is 19.9 Å². The number of allylic oxidation sites excluding steroid dienone is 2. The number of aromatic nitrogens is 4. The van der Waals surface area contributed by atoms with Crippen molar-refractivity contribution in [2.24, 2.45) is 11.8 Å². The van der Waals surface area contributed by atoms with Gasteiger partial charge in [-0.05, 0) is 49.5 Å². The molecule has 0 aliphatic heterocycles. The number of fused-ring (bicyclic) bond motifs is 3. The van der Waals surface area contributed by atoms with Crippen molar-refractivity contribution in [1.29, 1.82) is 5.26 Å². The van der Waals surface area contributed by atoms with Crippen molar-refractivity contribution in [2.75, 3.05) is 0 Å². The number of nitriles is 1. The Bertz CT molecular complexity index is 1310. The van der Waals surface area contributed by atoms with Crippen LogP contribution in [0.3, 0.4) is 0 Å². The molecule has 0 saturated heterocycles. The number of aryl methyl sites for hydroxylation is 1. The van der Waals surface area contributed by atoms with E-state index in [0.29, 0.717) is 24.2 Å². The fraction of sp³-hybridized carbons (Fsp3) is 0.280. The van der Waals surface area contributed by atoms with E-state index in [9.17, 15) is 14.4 Å². The minimum Gasteiger partial charge on any atom is -0.293 e. The molecule has 1 aromatic carbocycles. The number of benzene rings is 1. The number of Topliss-reactive ketones (excluding diaryl/α,β-unsaturated/α-hetero) is 1. The van der Waals surface area contributed by atoms with Crippen LogP contribution in [-0.2, 0) is 16.6 Å². The van der Waals surface area contributed by atoms with Crippen LogP contribution in [0.2, 0.25) is 0 Å². The first-order valence-electron chi connectivity index (χ1n) is 10.5. The van der Waals surface area contributed by atoms with Crippen LogP contribution >= 0.6 is 0 Å². The lowest BCUT2D eigenvalue weighted by Crippen LogP contribution is -2.49. The summed E-state index contributed by atoms with van der Waals surface area (Å²) >= 11 is 0. The molecule has 6 nitrogen and oxygen atoms in total. The molecule has 0 bridgehead atoms. The zero-order chi connectivity index (χ0) is 22.5. The second kappa shape index (κ2) is 7.41. The van der Waals surface area contributed by atoms with Crippen LogP contribution in [0.4, 0.5) is 4.39 Å². The van der Waals surface area contributed by atoms with E-state index >= 15 is 0 Å². The maximum Gasteiger partial charge on any atom is 0.176 e. The molecular weight excluding hydrogens is 405 g/mol. The highest BCUT2D eigenvalue weighted by Gasteiger charge is 2.53. The van der Waals surface area contributed by atoms with E-state index in [2.05, 4.69) is 16.0 Å². The zero-order valence-corrected chi connectivity index (χ0v) is 17.7. The summed E-state index contributed by atoms with van der Waals surface area (Å²) in [6.45, 7) is 3.67. The Labute approximate surface area is 184 Å². The van der Waals surface area contributed by atoms with E-state index in [1.54, 1.807) is 24.5 Å². The Kier molecular flexibility index (Phi) is 4.66. The van der Waals surface area contributed by atoms with Gasteiger partial charge >= 0.3 is 0 Å². The van der Waals surface area contributed by atoms with E-state index < -0.39 is 11.3 Å². The number of hydrogen-bond acceptors (Lipinski definition) is 6. The van der Waals surface area contributed by atoms with Crippen molar-refractivity contribution in [3.8, 4) is 17.3 Å². The van der Waals surface area contributed by atoms with Gasteiger partial charge in [-0.2, -0.15) is 5.26 Å². The van der Waals surface area contributed by atoms with Gasteiger partial charge in [-0.25, -0.2) is 24.3 Å². The normalized spacial score (nSPS) is 24.2. The summed E-state index contributed by atoms with van der Waals surface area (Å²) in [7, 11) is 0. The van der Waals surface area contributed by atoms with Crippen LogP contribution in [0.5, 0.6) is 0 Å². The summed E-state index contributed by atoms with van der Waals surface area (Å²) in [4.78, 5) is 30.7. The van der Waals surface area contributed by atoms with Gasteiger partial charge in [0.05, 0.1) is 22.4 Å². The molecule has 3 atom stereocenters. The predicted octanol–water partition coefficient (Wildman–Crippen LogP) is 3.90. The van der Waals surface area contributed by atoms with E-state index in [-0.39, 0.29) is 23.1 Å². The average molecular weight is 425 g/mol. The molecular formula is C25H20FN5O. The molecule has 2 aromatic heterocycles. The first kappa shape index (κ1) is 20.1. The molecule has 0 amide bonds. The maximum atomic E-state index is 14.4. The monoisotopic (exact) mass is 425 g/mol. The van der Waals surface area contributed by atoms with Crippen molar-refractivity contribution < 1.29 is 9.18 Å². The van der Waals surface area contributed by atoms with Gasteiger partial charge in [0.15, 0.2) is 5.78 Å². The van der Waals surface area contributed by atoms with Gasteiger partial charge in [0.25, 0.3) is 0 Å². The molecule has 0 N–H and O–H groups in total. The fourth-order valence-electron chi connectivity index (χ4n) is 5.35. The zero-order valence-electron chi connectivity index (χ0n) is 17.7. The van der Waals surface area contributed by atoms with Gasteiger partial charge in [0.1, 0.15) is 24.0 Å². The predicted molar refractivity (Wildman–Crippen MR) is 115 cm³/mol. The molecule has 0 fully saturated rings. The molecule has 3 aromatic rings. The highest BCUT2D eigenvalue weighted by molar-refractivity contribution is 6.02. The smallest absolute Gasteiger partial charge is 0.176 e. The molecule has 5 rings (SSSR count). The summed E-state index contributed by atoms with van der Waals surface area (Å²) in [6, 6.07) is 8.46. The van der Waals surface area contributed by atoms with E-state index in [1.165, 1.54) is 18.5 Å². The quantitative estimate of drug-likeness (QED) is 0.618. The summed E-state index contributed by atoms with van der Waals surface area (Å²) in [6.07, 6.45) is 7.93. The third kappa shape index (κ3) is 2.87. The van der Waals surface area contributed by atoms with Crippen molar-refractivity contribution in [3.63, 3.8) is 0 Å². The summed E-state index contributed by atoms with van der Waals surface area (Å²) in [5, 5.41) is 9.76. The number of hydrogen-bond donors (Lipinski definition) is 0. The van der Waals surface area contributed by atoms with E-state index in [4.69, 9.17) is 9.97 Å². The summed E-state index contributed by atoms with van der Waals surface area (Å²) in [5.41, 5.74) is 3.01. The third-order valence-electron chi connectivity index (χ3n) is 6.71. The SMILES string of the molecule is Cc1nc(-c2cncnc2)c2c(n1)[C@@]1(c3cccc(F)c3)C=C(C#N)C(=O)[C@@H](C)[C@@H]1CC2. The topological polar surface area (TPSA) is 92.4 Å². The molecule has 0 spiro atoms. The maximum absolute atomic E-state index is 14.4. The van der Waals surface area contributed by atoms with E-state index in [0.717, 1.165) is 22.5 Å². The lowest BCUT2D eigenvalue weighted by atomic mass is 9.54. The molecule has 7 heteroatoms. The van der Waals surface area contributed by atoms with Crippen LogP contribution in [0.1, 0.15) is 36.0 Å². The highest BCUT2D eigenvalue weighted by atomic mass is 19.1. The van der Waals surface area contributed by atoms with Crippen LogP contribution in [0.15, 0.2) is 54.6 Å². The molecule has 0 radical (unpaired) electrons. The van der Waals surface area contributed by atoms with Crippen molar-refractivity contribution >= 4 is 5.78 Å². The largest absolute Gasteiger partial charge is 0.293 e. The lowest BCUT2D eigenvalue weighted by Gasteiger charge is -2.48. The summed E-state index contributed by atoms with van der Waals surface area (Å²) in [5.74, 6) is -0.548. The van der Waals surface area contributed by atoms with Crippen molar-refractivity contribution in [3.05, 3.63) is 83.1 Å². The molecule has 2 aliphatic carbocycles. The number of ketones is 1. The van der Waals surface area contributed by atoms with Gasteiger partial charge in [-0.3, -0.25) is 4.79 Å². The highest BCUT2D eigenvalue weighted by Crippen LogP contribution is 2.54. The number of nitrogens with zero attached hydrogens (tertiary/aromatic N) is 5. The van der Waals surface area contributed by atoms with Gasteiger partial charge in [-0.1, -0.05) is 19.1 Å². The van der Waals surface area contributed by atoms with Crippen LogP contribution in [0, 0.1) is 35.9 Å². The van der Waals surface area contributed by atoms with Gasteiger partial charge < -0.3 is 0 Å². The second-order valence-electron chi connectivity index (χ2n) is 8.42. The number of halogens is 1. The second-order valence-corrected chi connectivity index (χ2v) is 8.42. The lowest BCUT2D eigenvalue weighted by molar-refractivity contribution is -0.121. The van der Waals surface area contributed by atoms with Crippen LogP contribution < -0.4 is 0 Å². The Balaban J connectivity index is 1.89. The first-order valence-corrected chi connectivity index (χ1v) is 10.5. The average Bonchev–Trinajstić information content (AvgIpc) is 2.81. The summed E-state index contributed by atoms with van der Waals surface area (Å²) < 4.78 is 14.4. The van der Waals surface area contributed by atoms with Crippen molar-refractivity contribution in [2.45, 2.75) is 32.1 Å². The molecule has 0 saturated carbocycles. The standard InChI is InChI=1S/C25H20FN5O/c1-14-21-7-6-20-22(17-11-28-13-29-12-17)30-15(2)31-24(20)25(21,9-16(10-27)23(14)32)18-4-3-5-19(26)8-18/h3-5,8-9,11-14,21H,6-7H2,1-2H3/t14-,21-,25+/m0/s1. The van der Waals surface area contributed by atoms with Crippen LogP contribution in [0.25, 0.3) is 11.3 Å². The minimum absolute atomic E-state index is 0.0896. The molecule has 2 aliphatic rings. The van der Waals surface area contributed by atoms with Gasteiger partial charge in [0.2, 0.25) is 0 Å². The first-order chi connectivity index (χ1) is 15.5. The van der Waals surface area contributed by atoms with E-state index in [1.807, 2.05) is 19.9 Å². The third-order valence-corrected chi connectivity index (χ3v) is 6.71. The van der Waals surface area contributed by atoms with Gasteiger partial charge in [-0.15, -0.1) is 0 Å². The number of carbonyl (C=O) groups excluding carboxylic acids is 1. The Morgan fingerprint density at radius 2 is 2.00 bits per heavy atom. The number of rotatable bonds is 2. The van der Waals surface area contributed by atoms with Crippen LogP contribution in [-0.4, -0.2) is 25.7 Å². The van der Waals surface area contributed by atoms with Gasteiger partial charge in [0, 0.05) is 29.4 Å². The Hall–Kier alpha value is -3.79. The molecule has 2 heterocycles. The molecule has 32 heavy (non-hydrogen) atoms. The molecule has 0 unspecified atom stereocenters. The minimum atomic E-state index is -0.911. The Morgan fingerprint density at radius 1 is 1.22 bits per heavy atom. The fourth-order valence-corrected chi connectivity index (χ4v) is 5.35. The Morgan fingerprint density at radius 3 is 2.72 bits per heavy atom.